The van der Waals surface area contributed by atoms with Crippen LogP contribution in [0.2, 0.25) is 0 Å². The third kappa shape index (κ3) is 4.35. The smallest absolute Gasteiger partial charge is 0.335 e. The number of carboxylic acids is 1. The van der Waals surface area contributed by atoms with Gasteiger partial charge in [0.2, 0.25) is 0 Å². The predicted octanol–water partition coefficient (Wildman–Crippen LogP) is 3.62. The highest BCUT2D eigenvalue weighted by Gasteiger charge is 2.08. The van der Waals surface area contributed by atoms with Crippen molar-refractivity contribution in [3.05, 3.63) is 57.2 Å². The van der Waals surface area contributed by atoms with E-state index >= 15 is 0 Å². The van der Waals surface area contributed by atoms with Crippen LogP contribution in [-0.4, -0.2) is 24.8 Å². The average molecular weight is 398 g/mol. The lowest BCUT2D eigenvalue weighted by Gasteiger charge is -2.09. The van der Waals surface area contributed by atoms with Crippen LogP contribution in [0.15, 0.2) is 42.5 Å². The molecule has 2 rings (SSSR count). The molecule has 2 aromatic carbocycles. The molecule has 2 aromatic rings. The van der Waals surface area contributed by atoms with Crippen LogP contribution in [0.4, 0.5) is 0 Å². The molecule has 0 bridgehead atoms. The highest BCUT2D eigenvalue weighted by molar-refractivity contribution is 14.1. The first kappa shape index (κ1) is 15.6. The van der Waals surface area contributed by atoms with Crippen molar-refractivity contribution in [2.24, 2.45) is 0 Å². The summed E-state index contributed by atoms with van der Waals surface area (Å²) in [6.45, 7) is 0.491. The van der Waals surface area contributed by atoms with Gasteiger partial charge in [-0.15, -0.1) is 0 Å². The van der Waals surface area contributed by atoms with Crippen molar-refractivity contribution < 1.29 is 19.4 Å². The van der Waals surface area contributed by atoms with E-state index in [-0.39, 0.29) is 5.56 Å². The van der Waals surface area contributed by atoms with E-state index in [1.807, 2.05) is 24.3 Å². The fourth-order valence-corrected chi connectivity index (χ4v) is 2.31. The fourth-order valence-electron chi connectivity index (χ4n) is 1.82. The van der Waals surface area contributed by atoms with Gasteiger partial charge in [-0.05, 0) is 58.5 Å². The number of aromatic carboxylic acids is 1. The normalized spacial score (nSPS) is 10.2. The Morgan fingerprint density at radius 2 is 1.90 bits per heavy atom. The summed E-state index contributed by atoms with van der Waals surface area (Å²) in [6.07, 6.45) is 0.747. The molecule has 4 nitrogen and oxygen atoms in total. The lowest BCUT2D eigenvalue weighted by Crippen LogP contribution is -2.04. The maximum absolute atomic E-state index is 11.0. The van der Waals surface area contributed by atoms with Crippen molar-refractivity contribution in [3.8, 4) is 11.5 Å². The third-order valence-corrected chi connectivity index (χ3v) is 3.88. The summed E-state index contributed by atoms with van der Waals surface area (Å²) in [5, 5.41) is 8.98. The monoisotopic (exact) mass is 398 g/mol. The standard InChI is InChI=1S/C16H15IO4/c1-20-13-5-2-11(3-6-13)8-9-21-15-10-12(16(18)19)4-7-14(15)17/h2-7,10H,8-9H2,1H3,(H,18,19). The molecule has 21 heavy (non-hydrogen) atoms. The van der Waals surface area contributed by atoms with Crippen LogP contribution < -0.4 is 9.47 Å². The number of carboxylic acid groups (broad SMARTS) is 1. The molecule has 0 aliphatic rings. The van der Waals surface area contributed by atoms with E-state index in [9.17, 15) is 4.79 Å². The number of hydrogen-bond acceptors (Lipinski definition) is 3. The second-order valence-corrected chi connectivity index (χ2v) is 5.56. The van der Waals surface area contributed by atoms with Crippen LogP contribution in [0, 0.1) is 3.57 Å². The number of carbonyl (C=O) groups is 1. The van der Waals surface area contributed by atoms with E-state index in [0.29, 0.717) is 12.4 Å². The van der Waals surface area contributed by atoms with Crippen molar-refractivity contribution >= 4 is 28.6 Å². The summed E-state index contributed by atoms with van der Waals surface area (Å²) in [5.41, 5.74) is 1.37. The molecule has 0 spiro atoms. The van der Waals surface area contributed by atoms with Crippen LogP contribution in [-0.2, 0) is 6.42 Å². The molecule has 0 aromatic heterocycles. The first-order valence-corrected chi connectivity index (χ1v) is 7.46. The maximum Gasteiger partial charge on any atom is 0.335 e. The zero-order chi connectivity index (χ0) is 15.2. The molecule has 110 valence electrons. The van der Waals surface area contributed by atoms with Crippen molar-refractivity contribution in [2.45, 2.75) is 6.42 Å². The SMILES string of the molecule is COc1ccc(CCOc2cc(C(=O)O)ccc2I)cc1. The van der Waals surface area contributed by atoms with Gasteiger partial charge in [-0.3, -0.25) is 0 Å². The molecule has 0 aliphatic heterocycles. The first-order chi connectivity index (χ1) is 10.1. The van der Waals surface area contributed by atoms with E-state index in [0.717, 1.165) is 21.3 Å². The van der Waals surface area contributed by atoms with Gasteiger partial charge in [0.15, 0.2) is 0 Å². The minimum absolute atomic E-state index is 0.231. The van der Waals surface area contributed by atoms with Crippen LogP contribution in [0.3, 0.4) is 0 Å². The zero-order valence-electron chi connectivity index (χ0n) is 11.5. The van der Waals surface area contributed by atoms with Gasteiger partial charge in [-0.1, -0.05) is 12.1 Å². The number of halogens is 1. The number of benzene rings is 2. The molecule has 0 amide bonds. The Kier molecular flexibility index (Phi) is 5.44. The van der Waals surface area contributed by atoms with Gasteiger partial charge in [-0.25, -0.2) is 4.79 Å². The van der Waals surface area contributed by atoms with Crippen molar-refractivity contribution in [2.75, 3.05) is 13.7 Å². The molecule has 0 fully saturated rings. The second-order valence-electron chi connectivity index (χ2n) is 4.40. The Hall–Kier alpha value is -1.76. The Morgan fingerprint density at radius 3 is 2.52 bits per heavy atom. The number of rotatable bonds is 6. The average Bonchev–Trinajstić information content (AvgIpc) is 2.49. The molecule has 0 heterocycles. The van der Waals surface area contributed by atoms with Crippen LogP contribution >= 0.6 is 22.6 Å². The van der Waals surface area contributed by atoms with Gasteiger partial charge < -0.3 is 14.6 Å². The van der Waals surface area contributed by atoms with E-state index in [1.54, 1.807) is 25.3 Å². The summed E-state index contributed by atoms with van der Waals surface area (Å²) < 4.78 is 11.7. The Bertz CT molecular complexity index is 623. The van der Waals surface area contributed by atoms with Gasteiger partial charge in [0.05, 0.1) is 22.9 Å². The maximum atomic E-state index is 11.0. The molecule has 5 heteroatoms. The molecular formula is C16H15IO4. The minimum Gasteiger partial charge on any atom is -0.497 e. The van der Waals surface area contributed by atoms with Crippen molar-refractivity contribution in [1.82, 2.24) is 0 Å². The van der Waals surface area contributed by atoms with Gasteiger partial charge in [0.1, 0.15) is 11.5 Å². The number of methoxy groups -OCH3 is 1. The number of hydrogen-bond donors (Lipinski definition) is 1. The van der Waals surface area contributed by atoms with Crippen LogP contribution in [0.5, 0.6) is 11.5 Å². The highest BCUT2D eigenvalue weighted by Crippen LogP contribution is 2.22. The molecule has 0 unspecified atom stereocenters. The molecule has 0 radical (unpaired) electrons. The van der Waals surface area contributed by atoms with Crippen molar-refractivity contribution in [1.29, 1.82) is 0 Å². The summed E-state index contributed by atoms with van der Waals surface area (Å²) >= 11 is 2.13. The molecule has 1 N–H and O–H groups in total. The zero-order valence-corrected chi connectivity index (χ0v) is 13.7. The second kappa shape index (κ2) is 7.31. The summed E-state index contributed by atoms with van der Waals surface area (Å²) in [6, 6.07) is 12.7. The minimum atomic E-state index is -0.952. The molecular weight excluding hydrogens is 383 g/mol. The van der Waals surface area contributed by atoms with Gasteiger partial charge >= 0.3 is 5.97 Å². The summed E-state index contributed by atoms with van der Waals surface area (Å²) in [5.74, 6) is 0.471. The number of ether oxygens (including phenoxy) is 2. The molecule has 0 saturated heterocycles. The first-order valence-electron chi connectivity index (χ1n) is 6.38. The molecule has 0 atom stereocenters. The van der Waals surface area contributed by atoms with Gasteiger partial charge in [0.25, 0.3) is 0 Å². The van der Waals surface area contributed by atoms with Gasteiger partial charge in [0, 0.05) is 6.42 Å². The molecule has 0 saturated carbocycles. The van der Waals surface area contributed by atoms with Crippen LogP contribution in [0.25, 0.3) is 0 Å². The largest absolute Gasteiger partial charge is 0.497 e. The molecule has 0 aliphatic carbocycles. The van der Waals surface area contributed by atoms with E-state index < -0.39 is 5.97 Å². The topological polar surface area (TPSA) is 55.8 Å². The predicted molar refractivity (Wildman–Crippen MR) is 88.3 cm³/mol. The van der Waals surface area contributed by atoms with E-state index in [1.165, 1.54) is 0 Å². The van der Waals surface area contributed by atoms with E-state index in [2.05, 4.69) is 22.6 Å². The lowest BCUT2D eigenvalue weighted by atomic mass is 10.1. The van der Waals surface area contributed by atoms with E-state index in [4.69, 9.17) is 14.6 Å². The van der Waals surface area contributed by atoms with Crippen molar-refractivity contribution in [3.63, 3.8) is 0 Å². The highest BCUT2D eigenvalue weighted by atomic mass is 127. The summed E-state index contributed by atoms with van der Waals surface area (Å²) in [7, 11) is 1.63. The van der Waals surface area contributed by atoms with Crippen LogP contribution in [0.1, 0.15) is 15.9 Å². The third-order valence-electron chi connectivity index (χ3n) is 2.99. The lowest BCUT2D eigenvalue weighted by molar-refractivity contribution is 0.0696. The Labute approximate surface area is 136 Å². The quantitative estimate of drug-likeness (QED) is 0.756. The van der Waals surface area contributed by atoms with Gasteiger partial charge in [-0.2, -0.15) is 0 Å². The fraction of sp³-hybridized carbons (Fsp3) is 0.188. The Morgan fingerprint density at radius 1 is 1.19 bits per heavy atom. The summed E-state index contributed by atoms with van der Waals surface area (Å²) in [4.78, 5) is 11.0. The Balaban J connectivity index is 1.96.